The van der Waals surface area contributed by atoms with Gasteiger partial charge in [-0.1, -0.05) is 20.8 Å². The minimum Gasteiger partial charge on any atom is -0.399 e. The Labute approximate surface area is 185 Å². The molecule has 0 spiro atoms. The fraction of sp³-hybridized carbons (Fsp3) is 0.864. The van der Waals surface area contributed by atoms with Crippen LogP contribution in [0.5, 0.6) is 0 Å². The molecule has 2 saturated heterocycles. The van der Waals surface area contributed by atoms with E-state index in [2.05, 4.69) is 67.9 Å². The third-order valence-electron chi connectivity index (χ3n) is 7.16. The van der Waals surface area contributed by atoms with Crippen molar-refractivity contribution in [2.45, 2.75) is 103 Å². The molecule has 1 aromatic heterocycles. The second-order valence-corrected chi connectivity index (χ2v) is 14.8. The van der Waals surface area contributed by atoms with Gasteiger partial charge in [0.15, 0.2) is 0 Å². The van der Waals surface area contributed by atoms with Crippen molar-refractivity contribution in [1.82, 2.24) is 9.78 Å². The molecule has 2 aliphatic rings. The lowest BCUT2D eigenvalue weighted by Crippen LogP contribution is -2.41. The van der Waals surface area contributed by atoms with E-state index in [1.807, 2.05) is 4.68 Å². The van der Waals surface area contributed by atoms with Crippen molar-refractivity contribution in [1.29, 1.82) is 0 Å². The van der Waals surface area contributed by atoms with Crippen molar-refractivity contribution < 1.29 is 18.2 Å². The minimum absolute atomic E-state index is 0.0309. The lowest BCUT2D eigenvalue weighted by atomic mass is 9.77. The summed E-state index contributed by atoms with van der Waals surface area (Å²) in [6.07, 6.45) is 7.65. The smallest absolute Gasteiger partial charge is 0.399 e. The van der Waals surface area contributed by atoms with Gasteiger partial charge in [0, 0.05) is 22.5 Å². The van der Waals surface area contributed by atoms with E-state index in [-0.39, 0.29) is 11.0 Å². The first-order valence-electron chi connectivity index (χ1n) is 11.1. The topological polar surface area (TPSA) is 54.7 Å². The molecule has 8 heteroatoms. The van der Waals surface area contributed by atoms with Crippen LogP contribution in [0.1, 0.15) is 85.3 Å². The highest BCUT2D eigenvalue weighted by Crippen LogP contribution is 2.54. The van der Waals surface area contributed by atoms with Gasteiger partial charge in [-0.15, -0.1) is 10.3 Å². The number of aromatic nitrogens is 2. The van der Waals surface area contributed by atoms with Crippen LogP contribution in [0.2, 0.25) is 0 Å². The van der Waals surface area contributed by atoms with Gasteiger partial charge in [-0.25, -0.2) is 4.68 Å². The summed E-state index contributed by atoms with van der Waals surface area (Å²) in [5.41, 5.74) is 2.13. The summed E-state index contributed by atoms with van der Waals surface area (Å²) < 4.78 is 27.5. The average Bonchev–Trinajstić information content (AvgIpc) is 3.05. The van der Waals surface area contributed by atoms with Crippen LogP contribution in [-0.2, 0) is 24.8 Å². The molecule has 0 aromatic carbocycles. The maximum absolute atomic E-state index is 6.50. The molecule has 6 nitrogen and oxygen atoms in total. The molecule has 172 valence electrons. The monoisotopic (exact) mass is 440 g/mol. The van der Waals surface area contributed by atoms with Crippen molar-refractivity contribution in [2.75, 3.05) is 19.1 Å². The molecule has 1 aromatic rings. The average molecular weight is 440 g/mol. The molecule has 3 heterocycles. The van der Waals surface area contributed by atoms with Crippen LogP contribution in [0.4, 0.5) is 0 Å². The molecule has 30 heavy (non-hydrogen) atoms. The van der Waals surface area contributed by atoms with E-state index in [1.54, 1.807) is 0 Å². The Kier molecular flexibility index (Phi) is 6.52. The van der Waals surface area contributed by atoms with Crippen molar-refractivity contribution >= 4 is 22.9 Å². The molecule has 0 saturated carbocycles. The third-order valence-corrected chi connectivity index (χ3v) is 10.8. The molecule has 0 amide bonds. The Hall–Kier alpha value is -0.535. The van der Waals surface area contributed by atoms with Crippen LogP contribution >= 0.6 is 10.3 Å². The molecular formula is C22H41BN2O4S. The van der Waals surface area contributed by atoms with Gasteiger partial charge in [0.25, 0.3) is 0 Å². The first kappa shape index (κ1) is 24.1. The van der Waals surface area contributed by atoms with Crippen LogP contribution in [-0.4, -0.2) is 52.0 Å². The minimum atomic E-state index is -1.27. The Balaban J connectivity index is 1.96. The van der Waals surface area contributed by atoms with Crippen LogP contribution in [0.25, 0.3) is 0 Å². The third kappa shape index (κ3) is 4.49. The predicted molar refractivity (Wildman–Crippen MR) is 126 cm³/mol. The largest absolute Gasteiger partial charge is 0.498 e. The number of hydrogen-bond acceptors (Lipinski definition) is 5. The van der Waals surface area contributed by atoms with Crippen molar-refractivity contribution in [3.63, 3.8) is 0 Å². The summed E-state index contributed by atoms with van der Waals surface area (Å²) in [5.74, 6) is 0. The molecule has 0 bridgehead atoms. The van der Waals surface area contributed by atoms with E-state index in [1.165, 1.54) is 0 Å². The van der Waals surface area contributed by atoms with Gasteiger partial charge >= 0.3 is 7.12 Å². The Bertz CT molecular complexity index is 748. The highest BCUT2D eigenvalue weighted by Gasteiger charge is 2.53. The fourth-order valence-corrected chi connectivity index (χ4v) is 4.30. The zero-order valence-corrected chi connectivity index (χ0v) is 21.4. The first-order chi connectivity index (χ1) is 13.7. The number of nitrogens with zero attached hydrogens (tertiary/aromatic N) is 2. The SMILES string of the molecule is Cc1c(B2OC(C)(C)C(C)(C)O2)c(COS(C)(C)C(C)(C)C)nn1C1CCCCO1. The summed E-state index contributed by atoms with van der Waals surface area (Å²) in [5, 5.41) is 4.98. The Morgan fingerprint density at radius 3 is 2.23 bits per heavy atom. The van der Waals surface area contributed by atoms with Crippen molar-refractivity contribution in [2.24, 2.45) is 0 Å². The highest BCUT2D eigenvalue weighted by atomic mass is 32.3. The van der Waals surface area contributed by atoms with E-state index in [0.717, 1.165) is 42.7 Å². The van der Waals surface area contributed by atoms with Crippen LogP contribution in [0, 0.1) is 6.92 Å². The fourth-order valence-electron chi connectivity index (χ4n) is 3.54. The normalized spacial score (nSPS) is 25.0. The van der Waals surface area contributed by atoms with Gasteiger partial charge in [-0.2, -0.15) is 5.10 Å². The van der Waals surface area contributed by atoms with Gasteiger partial charge in [-0.3, -0.25) is 0 Å². The van der Waals surface area contributed by atoms with E-state index in [0.29, 0.717) is 6.61 Å². The molecule has 0 radical (unpaired) electrons. The van der Waals surface area contributed by atoms with E-state index in [9.17, 15) is 0 Å². The zero-order valence-electron chi connectivity index (χ0n) is 20.6. The van der Waals surface area contributed by atoms with E-state index >= 15 is 0 Å². The van der Waals surface area contributed by atoms with E-state index in [4.69, 9.17) is 23.3 Å². The summed E-state index contributed by atoms with van der Waals surface area (Å²) in [6.45, 7) is 18.4. The molecule has 3 rings (SSSR count). The Morgan fingerprint density at radius 1 is 1.13 bits per heavy atom. The summed E-state index contributed by atoms with van der Waals surface area (Å²) >= 11 is 0. The standard InChI is InChI=1S/C22H41BN2O4S/c1-16-19(23-28-21(5,6)22(7,8)29-23)17(15-27-30(9,10)20(2,3)4)24-25(16)18-13-11-12-14-26-18/h18H,11-15H2,1-10H3. The molecule has 0 N–H and O–H groups in total. The Morgan fingerprint density at radius 2 is 1.73 bits per heavy atom. The van der Waals surface area contributed by atoms with Crippen LogP contribution in [0.3, 0.4) is 0 Å². The van der Waals surface area contributed by atoms with Crippen LogP contribution in [0.15, 0.2) is 0 Å². The number of rotatable bonds is 5. The second-order valence-electron chi connectivity index (χ2n) is 10.9. The second kappa shape index (κ2) is 8.11. The van der Waals surface area contributed by atoms with E-state index < -0.39 is 28.6 Å². The molecule has 1 atom stereocenters. The summed E-state index contributed by atoms with van der Waals surface area (Å²) in [7, 11) is -1.73. The first-order valence-corrected chi connectivity index (χ1v) is 13.5. The van der Waals surface area contributed by atoms with Gasteiger partial charge < -0.3 is 18.2 Å². The summed E-state index contributed by atoms with van der Waals surface area (Å²) in [6, 6.07) is 0. The molecular weight excluding hydrogens is 399 g/mol. The van der Waals surface area contributed by atoms with Crippen molar-refractivity contribution in [3.05, 3.63) is 11.4 Å². The highest BCUT2D eigenvalue weighted by molar-refractivity contribution is 8.29. The quantitative estimate of drug-likeness (QED) is 0.632. The van der Waals surface area contributed by atoms with Gasteiger partial charge in [0.1, 0.15) is 12.8 Å². The number of ether oxygens (including phenoxy) is 1. The maximum Gasteiger partial charge on any atom is 0.498 e. The zero-order chi connectivity index (χ0) is 22.5. The maximum atomic E-state index is 6.50. The lowest BCUT2D eigenvalue weighted by Gasteiger charge is -2.43. The lowest BCUT2D eigenvalue weighted by molar-refractivity contribution is -0.0409. The van der Waals surface area contributed by atoms with Gasteiger partial charge in [0.2, 0.25) is 0 Å². The van der Waals surface area contributed by atoms with Gasteiger partial charge in [-0.05, 0) is 66.4 Å². The molecule has 2 aliphatic heterocycles. The predicted octanol–water partition coefficient (Wildman–Crippen LogP) is 4.48. The molecule has 1 unspecified atom stereocenters. The van der Waals surface area contributed by atoms with Crippen LogP contribution < -0.4 is 5.46 Å². The summed E-state index contributed by atoms with van der Waals surface area (Å²) in [4.78, 5) is 0. The van der Waals surface area contributed by atoms with Crippen molar-refractivity contribution in [3.8, 4) is 0 Å². The number of hydrogen-bond donors (Lipinski definition) is 0. The molecule has 2 fully saturated rings. The van der Waals surface area contributed by atoms with Gasteiger partial charge in [0.05, 0.1) is 16.9 Å². The molecule has 0 aliphatic carbocycles.